The second-order valence-electron chi connectivity index (χ2n) is 2.71. The third-order valence-corrected chi connectivity index (χ3v) is 1.75. The lowest BCUT2D eigenvalue weighted by Gasteiger charge is -2.01. The van der Waals surface area contributed by atoms with Crippen LogP contribution in [0.5, 0.6) is 0 Å². The number of halogens is 1. The average molecular weight is 166 g/mol. The number of carbonyl (C=O) groups is 1. The van der Waals surface area contributed by atoms with Crippen molar-refractivity contribution < 1.29 is 9.18 Å². The van der Waals surface area contributed by atoms with Gasteiger partial charge in [-0.25, -0.2) is 4.39 Å². The molecule has 0 saturated carbocycles. The molecule has 0 aliphatic heterocycles. The predicted octanol–water partition coefficient (Wildman–Crippen LogP) is 2.59. The monoisotopic (exact) mass is 166 g/mol. The summed E-state index contributed by atoms with van der Waals surface area (Å²) in [5, 5.41) is 0. The van der Waals surface area contributed by atoms with E-state index in [-0.39, 0.29) is 5.82 Å². The van der Waals surface area contributed by atoms with E-state index < -0.39 is 0 Å². The molecule has 0 fully saturated rings. The second-order valence-corrected chi connectivity index (χ2v) is 2.71. The number of aryl methyl sites for hydroxylation is 1. The summed E-state index contributed by atoms with van der Waals surface area (Å²) >= 11 is 0. The van der Waals surface area contributed by atoms with Gasteiger partial charge in [-0.3, -0.25) is 4.79 Å². The first kappa shape index (κ1) is 8.91. The number of rotatable bonds is 3. The van der Waals surface area contributed by atoms with Gasteiger partial charge in [0.2, 0.25) is 0 Å². The fraction of sp³-hybridized carbons (Fsp3) is 0.300. The zero-order valence-electron chi connectivity index (χ0n) is 7.01. The number of carbonyl (C=O) groups excluding carboxylic acids is 1. The van der Waals surface area contributed by atoms with Gasteiger partial charge in [0.15, 0.2) is 0 Å². The Morgan fingerprint density at radius 3 is 2.83 bits per heavy atom. The standard InChI is InChI=1S/C10H11FO/c1-2-3-8-4-5-10(11)6-9(8)7-12/h4-7H,2-3H2,1H3. The Kier molecular flexibility index (Phi) is 2.97. The maximum Gasteiger partial charge on any atom is 0.150 e. The Bertz CT molecular complexity index is 281. The molecule has 1 aromatic rings. The van der Waals surface area contributed by atoms with Crippen molar-refractivity contribution in [2.24, 2.45) is 0 Å². The van der Waals surface area contributed by atoms with E-state index in [0.717, 1.165) is 18.4 Å². The summed E-state index contributed by atoms with van der Waals surface area (Å²) in [7, 11) is 0. The molecule has 0 radical (unpaired) electrons. The van der Waals surface area contributed by atoms with Crippen molar-refractivity contribution in [3.8, 4) is 0 Å². The molecule has 0 saturated heterocycles. The molecule has 0 aromatic heterocycles. The van der Waals surface area contributed by atoms with Gasteiger partial charge in [0.25, 0.3) is 0 Å². The van der Waals surface area contributed by atoms with E-state index in [4.69, 9.17) is 0 Å². The molecule has 1 aromatic carbocycles. The molecule has 1 nitrogen and oxygen atoms in total. The van der Waals surface area contributed by atoms with Crippen molar-refractivity contribution in [2.45, 2.75) is 19.8 Å². The summed E-state index contributed by atoms with van der Waals surface area (Å²) in [6, 6.07) is 4.33. The van der Waals surface area contributed by atoms with Crippen molar-refractivity contribution in [1.82, 2.24) is 0 Å². The van der Waals surface area contributed by atoms with Gasteiger partial charge in [0.1, 0.15) is 12.1 Å². The molecular weight excluding hydrogens is 155 g/mol. The Labute approximate surface area is 71.2 Å². The molecule has 2 heteroatoms. The van der Waals surface area contributed by atoms with E-state index >= 15 is 0 Å². The molecule has 0 spiro atoms. The summed E-state index contributed by atoms with van der Waals surface area (Å²) in [6.07, 6.45) is 2.49. The smallest absolute Gasteiger partial charge is 0.150 e. The Morgan fingerprint density at radius 1 is 1.50 bits per heavy atom. The highest BCUT2D eigenvalue weighted by Gasteiger charge is 2.01. The Morgan fingerprint density at radius 2 is 2.25 bits per heavy atom. The summed E-state index contributed by atoms with van der Waals surface area (Å²) in [5.74, 6) is -0.350. The van der Waals surface area contributed by atoms with E-state index in [1.807, 2.05) is 6.92 Å². The Hall–Kier alpha value is -1.18. The molecule has 0 aliphatic carbocycles. The maximum absolute atomic E-state index is 12.6. The third kappa shape index (κ3) is 1.91. The SMILES string of the molecule is CCCc1ccc(F)cc1C=O. The molecule has 0 atom stereocenters. The van der Waals surface area contributed by atoms with Crippen LogP contribution in [-0.2, 0) is 6.42 Å². The van der Waals surface area contributed by atoms with Crippen LogP contribution in [0.2, 0.25) is 0 Å². The van der Waals surface area contributed by atoms with Gasteiger partial charge >= 0.3 is 0 Å². The van der Waals surface area contributed by atoms with Crippen molar-refractivity contribution >= 4 is 6.29 Å². The highest BCUT2D eigenvalue weighted by molar-refractivity contribution is 5.77. The first-order valence-corrected chi connectivity index (χ1v) is 4.01. The first-order chi connectivity index (χ1) is 5.77. The molecule has 0 aliphatic rings. The minimum absolute atomic E-state index is 0.350. The molecule has 1 rings (SSSR count). The largest absolute Gasteiger partial charge is 0.298 e. The summed E-state index contributed by atoms with van der Waals surface area (Å²) in [5.41, 5.74) is 1.39. The molecule has 0 bridgehead atoms. The van der Waals surface area contributed by atoms with Crippen LogP contribution in [0.15, 0.2) is 18.2 Å². The maximum atomic E-state index is 12.6. The molecule has 0 amide bonds. The quantitative estimate of drug-likeness (QED) is 0.631. The summed E-state index contributed by atoms with van der Waals surface area (Å²) in [6.45, 7) is 2.03. The van der Waals surface area contributed by atoms with E-state index in [1.54, 1.807) is 6.07 Å². The molecule has 0 unspecified atom stereocenters. The predicted molar refractivity (Wildman–Crippen MR) is 45.8 cm³/mol. The fourth-order valence-corrected chi connectivity index (χ4v) is 1.17. The van der Waals surface area contributed by atoms with E-state index in [9.17, 15) is 9.18 Å². The summed E-state index contributed by atoms with van der Waals surface area (Å²) < 4.78 is 12.6. The normalized spacial score (nSPS) is 9.83. The number of hydrogen-bond donors (Lipinski definition) is 0. The van der Waals surface area contributed by atoms with Gasteiger partial charge in [-0.05, 0) is 24.1 Å². The van der Waals surface area contributed by atoms with Crippen molar-refractivity contribution in [2.75, 3.05) is 0 Å². The fourth-order valence-electron chi connectivity index (χ4n) is 1.17. The van der Waals surface area contributed by atoms with E-state index in [0.29, 0.717) is 11.8 Å². The van der Waals surface area contributed by atoms with Gasteiger partial charge in [0.05, 0.1) is 0 Å². The molecule has 0 N–H and O–H groups in total. The van der Waals surface area contributed by atoms with Crippen LogP contribution in [-0.4, -0.2) is 6.29 Å². The van der Waals surface area contributed by atoms with E-state index in [1.165, 1.54) is 12.1 Å². The minimum atomic E-state index is -0.350. The van der Waals surface area contributed by atoms with Crippen LogP contribution >= 0.6 is 0 Å². The topological polar surface area (TPSA) is 17.1 Å². The highest BCUT2D eigenvalue weighted by Crippen LogP contribution is 2.11. The first-order valence-electron chi connectivity index (χ1n) is 4.01. The lowest BCUT2D eigenvalue weighted by Crippen LogP contribution is -1.92. The van der Waals surface area contributed by atoms with Crippen molar-refractivity contribution in [3.63, 3.8) is 0 Å². The Balaban J connectivity index is 3.02. The van der Waals surface area contributed by atoms with Crippen LogP contribution in [0.3, 0.4) is 0 Å². The van der Waals surface area contributed by atoms with Crippen LogP contribution in [0.1, 0.15) is 29.3 Å². The third-order valence-electron chi connectivity index (χ3n) is 1.75. The van der Waals surface area contributed by atoms with Crippen molar-refractivity contribution in [3.05, 3.63) is 35.1 Å². The molecular formula is C10H11FO. The zero-order valence-corrected chi connectivity index (χ0v) is 7.01. The van der Waals surface area contributed by atoms with Crippen molar-refractivity contribution in [1.29, 1.82) is 0 Å². The van der Waals surface area contributed by atoms with Crippen LogP contribution in [0, 0.1) is 5.82 Å². The van der Waals surface area contributed by atoms with Crippen LogP contribution < -0.4 is 0 Å². The van der Waals surface area contributed by atoms with Gasteiger partial charge < -0.3 is 0 Å². The van der Waals surface area contributed by atoms with Gasteiger partial charge in [-0.2, -0.15) is 0 Å². The van der Waals surface area contributed by atoms with Crippen LogP contribution in [0.25, 0.3) is 0 Å². The lowest BCUT2D eigenvalue weighted by molar-refractivity contribution is 0.112. The minimum Gasteiger partial charge on any atom is -0.298 e. The number of hydrogen-bond acceptors (Lipinski definition) is 1. The van der Waals surface area contributed by atoms with E-state index in [2.05, 4.69) is 0 Å². The number of aldehydes is 1. The molecule has 12 heavy (non-hydrogen) atoms. The zero-order chi connectivity index (χ0) is 8.97. The average Bonchev–Trinajstić information content (AvgIpc) is 2.08. The summed E-state index contributed by atoms with van der Waals surface area (Å²) in [4.78, 5) is 10.5. The van der Waals surface area contributed by atoms with Crippen LogP contribution in [0.4, 0.5) is 4.39 Å². The molecule has 64 valence electrons. The highest BCUT2D eigenvalue weighted by atomic mass is 19.1. The molecule has 0 heterocycles. The second kappa shape index (κ2) is 4.00. The number of benzene rings is 1. The van der Waals surface area contributed by atoms with Gasteiger partial charge in [-0.1, -0.05) is 19.4 Å². The lowest BCUT2D eigenvalue weighted by atomic mass is 10.0. The van der Waals surface area contributed by atoms with Gasteiger partial charge in [0, 0.05) is 5.56 Å². The van der Waals surface area contributed by atoms with Gasteiger partial charge in [-0.15, -0.1) is 0 Å².